The lowest BCUT2D eigenvalue weighted by Crippen LogP contribution is -1.85. The van der Waals surface area contributed by atoms with Crippen molar-refractivity contribution in [2.45, 2.75) is 0 Å². The van der Waals surface area contributed by atoms with E-state index >= 15 is 0 Å². The Bertz CT molecular complexity index is 570. The molecule has 0 saturated heterocycles. The van der Waals surface area contributed by atoms with E-state index in [1.165, 1.54) is 0 Å². The number of hydrogen-bond donors (Lipinski definition) is 1. The smallest absolute Gasteiger partial charge is 0.200 e. The van der Waals surface area contributed by atoms with E-state index in [1.807, 2.05) is 24.3 Å². The van der Waals surface area contributed by atoms with Gasteiger partial charge in [-0.1, -0.05) is 18.2 Å². The fraction of sp³-hybridized carbons (Fsp3) is 0. The van der Waals surface area contributed by atoms with Crippen LogP contribution < -0.4 is 0 Å². The van der Waals surface area contributed by atoms with Gasteiger partial charge in [0.25, 0.3) is 0 Å². The van der Waals surface area contributed by atoms with Gasteiger partial charge in [-0.05, 0) is 6.07 Å². The molecule has 0 saturated carbocycles. The van der Waals surface area contributed by atoms with Crippen molar-refractivity contribution in [3.05, 3.63) is 30.6 Å². The van der Waals surface area contributed by atoms with Crippen LogP contribution in [0.15, 0.2) is 30.6 Å². The van der Waals surface area contributed by atoms with Crippen LogP contribution in [0.4, 0.5) is 0 Å². The number of rotatable bonds is 0. The van der Waals surface area contributed by atoms with Gasteiger partial charge in [-0.3, -0.25) is 0 Å². The molecule has 2 heterocycles. The van der Waals surface area contributed by atoms with Crippen molar-refractivity contribution >= 4 is 22.1 Å². The lowest BCUT2D eigenvalue weighted by Gasteiger charge is -1.94. The highest BCUT2D eigenvalue weighted by molar-refractivity contribution is 5.99. The largest absolute Gasteiger partial charge is 0.343 e. The Labute approximate surface area is 73.6 Å². The molecular weight excluding hydrogens is 164 g/mol. The standard InChI is InChI=1S/C9H6N4/c1-2-4-7-6(3-1)8-9(13-12-7)11-5-10-8/h1-5H,(H,10,11,13). The van der Waals surface area contributed by atoms with E-state index in [1.54, 1.807) is 6.33 Å². The third-order valence-electron chi connectivity index (χ3n) is 2.05. The summed E-state index contributed by atoms with van der Waals surface area (Å²) in [6.07, 6.45) is 1.63. The first-order valence-electron chi connectivity index (χ1n) is 4.00. The van der Waals surface area contributed by atoms with E-state index in [2.05, 4.69) is 20.2 Å². The van der Waals surface area contributed by atoms with Crippen LogP contribution in [0.2, 0.25) is 0 Å². The van der Waals surface area contributed by atoms with Crippen LogP contribution in [0.25, 0.3) is 22.1 Å². The molecule has 1 N–H and O–H groups in total. The summed E-state index contributed by atoms with van der Waals surface area (Å²) in [5.41, 5.74) is 2.50. The number of H-pyrrole nitrogens is 1. The van der Waals surface area contributed by atoms with Gasteiger partial charge in [0.2, 0.25) is 0 Å². The van der Waals surface area contributed by atoms with Crippen molar-refractivity contribution in [3.8, 4) is 0 Å². The van der Waals surface area contributed by atoms with Crippen molar-refractivity contribution in [1.82, 2.24) is 20.2 Å². The van der Waals surface area contributed by atoms with Gasteiger partial charge in [-0.15, -0.1) is 10.2 Å². The monoisotopic (exact) mass is 170 g/mol. The van der Waals surface area contributed by atoms with Gasteiger partial charge in [0, 0.05) is 5.39 Å². The maximum atomic E-state index is 4.05. The minimum Gasteiger partial charge on any atom is -0.343 e. The van der Waals surface area contributed by atoms with Gasteiger partial charge >= 0.3 is 0 Å². The molecule has 0 aliphatic carbocycles. The van der Waals surface area contributed by atoms with Crippen molar-refractivity contribution in [2.75, 3.05) is 0 Å². The molecule has 0 spiro atoms. The second-order valence-electron chi connectivity index (χ2n) is 2.82. The number of nitrogens with one attached hydrogen (secondary N) is 1. The summed E-state index contributed by atoms with van der Waals surface area (Å²) in [4.78, 5) is 7.09. The van der Waals surface area contributed by atoms with Crippen LogP contribution >= 0.6 is 0 Å². The summed E-state index contributed by atoms with van der Waals surface area (Å²) >= 11 is 0. The van der Waals surface area contributed by atoms with Crippen LogP contribution in [0.1, 0.15) is 0 Å². The van der Waals surface area contributed by atoms with E-state index in [0.717, 1.165) is 16.4 Å². The lowest BCUT2D eigenvalue weighted by atomic mass is 10.2. The zero-order valence-corrected chi connectivity index (χ0v) is 6.73. The van der Waals surface area contributed by atoms with Crippen LogP contribution in [0.3, 0.4) is 0 Å². The van der Waals surface area contributed by atoms with Crippen molar-refractivity contribution in [1.29, 1.82) is 0 Å². The summed E-state index contributed by atoms with van der Waals surface area (Å²) < 4.78 is 0. The highest BCUT2D eigenvalue weighted by Gasteiger charge is 2.02. The molecule has 3 rings (SSSR count). The Balaban J connectivity index is 2.65. The molecule has 0 amide bonds. The second-order valence-corrected chi connectivity index (χ2v) is 2.82. The molecule has 2 aromatic heterocycles. The Morgan fingerprint density at radius 3 is 3.00 bits per heavy atom. The minimum atomic E-state index is 0.665. The van der Waals surface area contributed by atoms with Gasteiger partial charge in [0.05, 0.1) is 17.4 Å². The quantitative estimate of drug-likeness (QED) is 0.556. The van der Waals surface area contributed by atoms with Crippen LogP contribution in [-0.4, -0.2) is 20.2 Å². The first-order chi connectivity index (χ1) is 6.45. The molecule has 3 aromatic rings. The molecule has 0 unspecified atom stereocenters. The van der Waals surface area contributed by atoms with Crippen LogP contribution in [-0.2, 0) is 0 Å². The molecule has 62 valence electrons. The third kappa shape index (κ3) is 0.823. The van der Waals surface area contributed by atoms with Gasteiger partial charge in [-0.25, -0.2) is 4.98 Å². The van der Waals surface area contributed by atoms with Crippen LogP contribution in [0, 0.1) is 0 Å². The van der Waals surface area contributed by atoms with Gasteiger partial charge in [-0.2, -0.15) is 0 Å². The number of fused-ring (bicyclic) bond motifs is 3. The van der Waals surface area contributed by atoms with Gasteiger partial charge in [0.1, 0.15) is 0 Å². The summed E-state index contributed by atoms with van der Waals surface area (Å²) in [5, 5.41) is 9.09. The van der Waals surface area contributed by atoms with E-state index in [9.17, 15) is 0 Å². The Hall–Kier alpha value is -1.97. The summed E-state index contributed by atoms with van der Waals surface area (Å²) in [6.45, 7) is 0. The van der Waals surface area contributed by atoms with Crippen molar-refractivity contribution in [2.24, 2.45) is 0 Å². The minimum absolute atomic E-state index is 0.665. The Kier molecular flexibility index (Phi) is 1.14. The third-order valence-corrected chi connectivity index (χ3v) is 2.05. The van der Waals surface area contributed by atoms with Crippen LogP contribution in [0.5, 0.6) is 0 Å². The van der Waals surface area contributed by atoms with Gasteiger partial charge in [0.15, 0.2) is 5.65 Å². The number of imidazole rings is 1. The molecule has 0 radical (unpaired) electrons. The molecule has 0 bridgehead atoms. The Morgan fingerprint density at radius 2 is 2.00 bits per heavy atom. The average molecular weight is 170 g/mol. The second kappa shape index (κ2) is 2.26. The fourth-order valence-corrected chi connectivity index (χ4v) is 1.43. The number of nitrogens with zero attached hydrogens (tertiary/aromatic N) is 3. The zero-order valence-electron chi connectivity index (χ0n) is 6.73. The predicted molar refractivity (Wildman–Crippen MR) is 49.2 cm³/mol. The molecule has 13 heavy (non-hydrogen) atoms. The highest BCUT2D eigenvalue weighted by atomic mass is 15.1. The molecular formula is C9H6N4. The lowest BCUT2D eigenvalue weighted by molar-refractivity contribution is 1.10. The molecule has 0 aliphatic heterocycles. The van der Waals surface area contributed by atoms with E-state index in [4.69, 9.17) is 0 Å². The number of aromatic nitrogens is 4. The zero-order chi connectivity index (χ0) is 8.67. The van der Waals surface area contributed by atoms with E-state index in [0.29, 0.717) is 5.65 Å². The average Bonchev–Trinajstić information content (AvgIpc) is 2.65. The number of benzene rings is 1. The molecule has 0 aliphatic rings. The molecule has 0 fully saturated rings. The number of hydrogen-bond acceptors (Lipinski definition) is 3. The van der Waals surface area contributed by atoms with E-state index < -0.39 is 0 Å². The maximum Gasteiger partial charge on any atom is 0.200 e. The molecule has 4 heteroatoms. The van der Waals surface area contributed by atoms with E-state index in [-0.39, 0.29) is 0 Å². The van der Waals surface area contributed by atoms with Gasteiger partial charge < -0.3 is 4.98 Å². The predicted octanol–water partition coefficient (Wildman–Crippen LogP) is 1.51. The maximum absolute atomic E-state index is 4.05. The number of aromatic amines is 1. The first-order valence-corrected chi connectivity index (χ1v) is 4.00. The molecule has 1 aromatic carbocycles. The highest BCUT2D eigenvalue weighted by Crippen LogP contribution is 2.17. The van der Waals surface area contributed by atoms with Crippen molar-refractivity contribution in [3.63, 3.8) is 0 Å². The normalized spacial score (nSPS) is 11.1. The first kappa shape index (κ1) is 6.54. The summed E-state index contributed by atoms with van der Waals surface area (Å²) in [7, 11) is 0. The topological polar surface area (TPSA) is 54.5 Å². The summed E-state index contributed by atoms with van der Waals surface area (Å²) in [5.74, 6) is 0. The molecule has 4 nitrogen and oxygen atoms in total. The fourth-order valence-electron chi connectivity index (χ4n) is 1.43. The van der Waals surface area contributed by atoms with Crippen molar-refractivity contribution < 1.29 is 0 Å². The summed E-state index contributed by atoms with van der Waals surface area (Å²) in [6, 6.07) is 7.86. The Morgan fingerprint density at radius 1 is 1.08 bits per heavy atom. The SMILES string of the molecule is c1ccc2c(c1)nnc1nc[nH]c12. The molecule has 0 atom stereocenters.